The monoisotopic (exact) mass is 344 g/mol. The second-order valence-corrected chi connectivity index (χ2v) is 7.77. The van der Waals surface area contributed by atoms with Crippen LogP contribution in [0.5, 0.6) is 0 Å². The molecular weight excluding hydrogens is 312 g/mol. The summed E-state index contributed by atoms with van der Waals surface area (Å²) in [5.74, 6) is 0.969. The van der Waals surface area contributed by atoms with E-state index in [2.05, 4.69) is 10.6 Å². The molecule has 3 rings (SSSR count). The van der Waals surface area contributed by atoms with Gasteiger partial charge in [0.2, 0.25) is 5.91 Å². The molecule has 5 heteroatoms. The molecule has 4 nitrogen and oxygen atoms in total. The Hall–Kier alpha value is -0.320. The maximum absolute atomic E-state index is 12.6. The first-order chi connectivity index (χ1) is 10.7. The van der Waals surface area contributed by atoms with E-state index >= 15 is 0 Å². The van der Waals surface area contributed by atoms with Crippen LogP contribution < -0.4 is 10.6 Å². The lowest BCUT2D eigenvalue weighted by Crippen LogP contribution is -2.46. The number of carbonyl (C=O) groups excluding carboxylic acids is 1. The molecule has 134 valence electrons. The number of amides is 1. The molecule has 0 bridgehead atoms. The van der Waals surface area contributed by atoms with Gasteiger partial charge in [0.1, 0.15) is 0 Å². The fourth-order valence-corrected chi connectivity index (χ4v) is 4.88. The van der Waals surface area contributed by atoms with E-state index in [1.807, 2.05) is 0 Å². The zero-order chi connectivity index (χ0) is 15.4. The Morgan fingerprint density at radius 2 is 1.96 bits per heavy atom. The number of hydrogen-bond donors (Lipinski definition) is 2. The molecule has 23 heavy (non-hydrogen) atoms. The van der Waals surface area contributed by atoms with Gasteiger partial charge in [0, 0.05) is 26.3 Å². The summed E-state index contributed by atoms with van der Waals surface area (Å²) in [6.45, 7) is 1.64. The summed E-state index contributed by atoms with van der Waals surface area (Å²) in [5.41, 5.74) is 0.289. The molecule has 1 aliphatic heterocycles. The van der Waals surface area contributed by atoms with E-state index < -0.39 is 0 Å². The third-order valence-corrected chi connectivity index (χ3v) is 6.32. The lowest BCUT2D eigenvalue weighted by molar-refractivity contribution is -0.123. The average Bonchev–Trinajstić information content (AvgIpc) is 3.18. The van der Waals surface area contributed by atoms with Gasteiger partial charge < -0.3 is 15.4 Å². The first-order valence-corrected chi connectivity index (χ1v) is 9.25. The minimum atomic E-state index is 0. The molecule has 3 fully saturated rings. The van der Waals surface area contributed by atoms with E-state index in [1.54, 1.807) is 7.11 Å². The third-order valence-electron chi connectivity index (χ3n) is 6.32. The zero-order valence-electron chi connectivity index (χ0n) is 14.4. The molecule has 0 aromatic carbocycles. The first-order valence-electron chi connectivity index (χ1n) is 9.25. The van der Waals surface area contributed by atoms with Gasteiger partial charge in [-0.3, -0.25) is 4.79 Å². The van der Waals surface area contributed by atoms with Crippen molar-refractivity contribution < 1.29 is 9.53 Å². The summed E-state index contributed by atoms with van der Waals surface area (Å²) in [4.78, 5) is 12.6. The minimum absolute atomic E-state index is 0. The van der Waals surface area contributed by atoms with Crippen LogP contribution in [0.1, 0.15) is 64.2 Å². The topological polar surface area (TPSA) is 50.4 Å². The highest BCUT2D eigenvalue weighted by molar-refractivity contribution is 5.85. The minimum Gasteiger partial charge on any atom is -0.385 e. The van der Waals surface area contributed by atoms with Gasteiger partial charge in [0.25, 0.3) is 0 Å². The van der Waals surface area contributed by atoms with Crippen LogP contribution in [0.2, 0.25) is 0 Å². The highest BCUT2D eigenvalue weighted by atomic mass is 35.5. The fourth-order valence-electron chi connectivity index (χ4n) is 4.88. The van der Waals surface area contributed by atoms with Crippen LogP contribution in [0.4, 0.5) is 0 Å². The number of ether oxygens (including phenoxy) is 1. The molecule has 3 atom stereocenters. The van der Waals surface area contributed by atoms with Crippen molar-refractivity contribution >= 4 is 18.3 Å². The molecule has 2 N–H and O–H groups in total. The van der Waals surface area contributed by atoms with E-state index in [0.29, 0.717) is 6.04 Å². The predicted molar refractivity (Wildman–Crippen MR) is 94.9 cm³/mol. The highest BCUT2D eigenvalue weighted by Gasteiger charge is 2.39. The maximum Gasteiger partial charge on any atom is 0.237 e. The lowest BCUT2D eigenvalue weighted by Gasteiger charge is -2.29. The smallest absolute Gasteiger partial charge is 0.237 e. The number of fused-ring (bicyclic) bond motifs is 1. The summed E-state index contributed by atoms with van der Waals surface area (Å²) in [6.07, 6.45) is 12.4. The largest absolute Gasteiger partial charge is 0.385 e. The summed E-state index contributed by atoms with van der Waals surface area (Å²) >= 11 is 0. The van der Waals surface area contributed by atoms with Crippen LogP contribution in [-0.4, -0.2) is 38.3 Å². The molecule has 1 amide bonds. The van der Waals surface area contributed by atoms with Gasteiger partial charge in [0.05, 0.1) is 6.04 Å². The molecule has 0 spiro atoms. The molecule has 0 radical (unpaired) electrons. The van der Waals surface area contributed by atoms with Crippen molar-refractivity contribution in [3.8, 4) is 0 Å². The molecule has 1 heterocycles. The molecule has 2 saturated carbocycles. The van der Waals surface area contributed by atoms with Gasteiger partial charge in [-0.1, -0.05) is 25.7 Å². The number of hydrogen-bond acceptors (Lipinski definition) is 3. The Morgan fingerprint density at radius 3 is 2.65 bits per heavy atom. The number of carbonyl (C=O) groups is 1. The molecule has 3 unspecified atom stereocenters. The predicted octanol–water partition coefficient (Wildman–Crippen LogP) is 3.04. The Bertz CT molecular complexity index is 371. The van der Waals surface area contributed by atoms with Gasteiger partial charge in [-0.05, 0) is 49.9 Å². The molecule has 1 saturated heterocycles. The van der Waals surface area contributed by atoms with E-state index in [-0.39, 0.29) is 29.8 Å². The van der Waals surface area contributed by atoms with E-state index in [4.69, 9.17) is 4.74 Å². The number of nitrogens with one attached hydrogen (secondary N) is 2. The standard InChI is InChI=1S/C18H32N2O2.ClH/c1-22-11-10-18(8-4-5-9-18)13-19-17(21)16-12-14-6-2-3-7-15(14)20-16;/h14-16,20H,2-13H2,1H3,(H,19,21);1H. The molecule has 3 aliphatic rings. The molecule has 0 aromatic rings. The fraction of sp³-hybridized carbons (Fsp3) is 0.944. The van der Waals surface area contributed by atoms with Crippen LogP contribution in [0.25, 0.3) is 0 Å². The Labute approximate surface area is 146 Å². The SMILES string of the molecule is COCCC1(CNC(=O)C2CC3CCCCC3N2)CCCC1.Cl. The van der Waals surface area contributed by atoms with Gasteiger partial charge in [-0.25, -0.2) is 0 Å². The quantitative estimate of drug-likeness (QED) is 0.778. The zero-order valence-corrected chi connectivity index (χ0v) is 15.3. The molecule has 2 aliphatic carbocycles. The van der Waals surface area contributed by atoms with Crippen molar-refractivity contribution in [1.82, 2.24) is 10.6 Å². The second kappa shape index (κ2) is 8.68. The first kappa shape index (κ1) is 19.0. The van der Waals surface area contributed by atoms with Crippen molar-refractivity contribution in [2.24, 2.45) is 11.3 Å². The van der Waals surface area contributed by atoms with E-state index in [0.717, 1.165) is 31.9 Å². The van der Waals surface area contributed by atoms with Crippen molar-refractivity contribution in [3.63, 3.8) is 0 Å². The summed E-state index contributed by atoms with van der Waals surface area (Å²) in [7, 11) is 1.77. The van der Waals surface area contributed by atoms with Crippen LogP contribution in [0.3, 0.4) is 0 Å². The number of rotatable bonds is 6. The van der Waals surface area contributed by atoms with Gasteiger partial charge in [-0.2, -0.15) is 0 Å². The summed E-state index contributed by atoms with van der Waals surface area (Å²) < 4.78 is 5.27. The van der Waals surface area contributed by atoms with Crippen molar-refractivity contribution in [1.29, 1.82) is 0 Å². The highest BCUT2D eigenvalue weighted by Crippen LogP contribution is 2.40. The Balaban J connectivity index is 0.00000192. The molecule has 0 aromatic heterocycles. The summed E-state index contributed by atoms with van der Waals surface area (Å²) in [6, 6.07) is 0.646. The number of methoxy groups -OCH3 is 1. The van der Waals surface area contributed by atoms with Gasteiger partial charge in [-0.15, -0.1) is 12.4 Å². The lowest BCUT2D eigenvalue weighted by atomic mass is 9.82. The maximum atomic E-state index is 12.6. The number of halogens is 1. The van der Waals surface area contributed by atoms with E-state index in [1.165, 1.54) is 51.4 Å². The van der Waals surface area contributed by atoms with E-state index in [9.17, 15) is 4.79 Å². The average molecular weight is 345 g/mol. The molecular formula is C18H33ClN2O2. The van der Waals surface area contributed by atoms with Crippen molar-refractivity contribution in [2.75, 3.05) is 20.3 Å². The van der Waals surface area contributed by atoms with Crippen LogP contribution in [0, 0.1) is 11.3 Å². The van der Waals surface area contributed by atoms with Gasteiger partial charge >= 0.3 is 0 Å². The second-order valence-electron chi connectivity index (χ2n) is 7.77. The van der Waals surface area contributed by atoms with Crippen LogP contribution in [0.15, 0.2) is 0 Å². The Morgan fingerprint density at radius 1 is 1.22 bits per heavy atom. The van der Waals surface area contributed by atoms with Gasteiger partial charge in [0.15, 0.2) is 0 Å². The third kappa shape index (κ3) is 4.61. The van der Waals surface area contributed by atoms with Crippen LogP contribution in [-0.2, 0) is 9.53 Å². The summed E-state index contributed by atoms with van der Waals surface area (Å²) in [5, 5.41) is 6.86. The van der Waals surface area contributed by atoms with Crippen LogP contribution >= 0.6 is 12.4 Å². The Kier molecular flexibility index (Phi) is 7.18. The van der Waals surface area contributed by atoms with Crippen molar-refractivity contribution in [2.45, 2.75) is 76.3 Å². The normalized spacial score (nSPS) is 32.1. The van der Waals surface area contributed by atoms with Crippen molar-refractivity contribution in [3.05, 3.63) is 0 Å².